The van der Waals surface area contributed by atoms with Crippen molar-refractivity contribution >= 4 is 29.5 Å². The number of hydrogen-bond acceptors (Lipinski definition) is 6. The number of hydrogen-bond donors (Lipinski definition) is 2. The molecule has 1 aromatic carbocycles. The smallest absolute Gasteiger partial charge is 0.327 e. The number of carboxylic acid groups (broad SMARTS) is 1. The minimum atomic E-state index is -1.17. The van der Waals surface area contributed by atoms with Gasteiger partial charge in [0.05, 0.1) is 7.11 Å². The first-order valence-electron chi connectivity index (χ1n) is 11.0. The van der Waals surface area contributed by atoms with Crippen LogP contribution in [0.1, 0.15) is 53.4 Å². The molecule has 2 N–H and O–H groups in total. The van der Waals surface area contributed by atoms with Gasteiger partial charge < -0.3 is 24.8 Å². The fourth-order valence-corrected chi connectivity index (χ4v) is 6.04. The molecule has 2 saturated heterocycles. The largest absolute Gasteiger partial charge is 0.493 e. The summed E-state index contributed by atoms with van der Waals surface area (Å²) in [7, 11) is 1.54. The Bertz CT molecular complexity index is 891. The fraction of sp³-hybridized carbons (Fsp3) is 0.609. The van der Waals surface area contributed by atoms with Gasteiger partial charge in [0.2, 0.25) is 5.91 Å². The van der Waals surface area contributed by atoms with Crippen LogP contribution in [0.3, 0.4) is 0 Å². The number of carboxylic acids is 1. The molecule has 1 unspecified atom stereocenters. The number of unbranched alkanes of at least 4 members (excludes halogenated alkanes) is 1. The van der Waals surface area contributed by atoms with Crippen LogP contribution in [-0.2, 0) is 14.4 Å². The topological polar surface area (TPSA) is 105 Å². The summed E-state index contributed by atoms with van der Waals surface area (Å²) in [4.78, 5) is 39.5. The maximum atomic E-state index is 13.5. The van der Waals surface area contributed by atoms with Crippen molar-refractivity contribution in [3.8, 4) is 11.5 Å². The lowest BCUT2D eigenvalue weighted by atomic mass is 9.90. The maximum absolute atomic E-state index is 13.5. The number of nitrogens with zero attached hydrogens (tertiary/aromatic N) is 1. The van der Waals surface area contributed by atoms with E-state index in [1.54, 1.807) is 19.2 Å². The van der Waals surface area contributed by atoms with Gasteiger partial charge in [-0.15, -0.1) is 11.8 Å². The Balaban J connectivity index is 1.83. The van der Waals surface area contributed by atoms with Gasteiger partial charge in [0.1, 0.15) is 17.5 Å². The van der Waals surface area contributed by atoms with Gasteiger partial charge >= 0.3 is 5.97 Å². The molecule has 9 heteroatoms. The number of fused-ring (bicyclic) bond motifs is 1. The third-order valence-electron chi connectivity index (χ3n) is 6.26. The van der Waals surface area contributed by atoms with E-state index in [2.05, 4.69) is 5.32 Å². The molecule has 2 heterocycles. The lowest BCUT2D eigenvalue weighted by Crippen LogP contribution is -2.72. The van der Waals surface area contributed by atoms with Crippen LogP contribution in [0.2, 0.25) is 0 Å². The number of methoxy groups -OCH3 is 1. The van der Waals surface area contributed by atoms with Crippen LogP contribution >= 0.6 is 11.8 Å². The molecule has 3 rings (SSSR count). The van der Waals surface area contributed by atoms with Crippen molar-refractivity contribution in [2.75, 3.05) is 7.11 Å². The molecular weight excluding hydrogens is 432 g/mol. The molecule has 2 aliphatic rings. The number of benzene rings is 1. The summed E-state index contributed by atoms with van der Waals surface area (Å²) in [5.41, 5.74) is -1.17. The average Bonchev–Trinajstić information content (AvgIpc) is 3.03. The van der Waals surface area contributed by atoms with Crippen LogP contribution in [0.25, 0.3) is 0 Å². The molecule has 2 fully saturated rings. The van der Waals surface area contributed by atoms with Crippen molar-refractivity contribution in [3.05, 3.63) is 24.3 Å². The summed E-state index contributed by atoms with van der Waals surface area (Å²) in [5, 5.41) is 12.1. The van der Waals surface area contributed by atoms with Gasteiger partial charge in [-0.2, -0.15) is 0 Å². The number of aliphatic carboxylic acids is 1. The van der Waals surface area contributed by atoms with Crippen molar-refractivity contribution in [1.29, 1.82) is 0 Å². The summed E-state index contributed by atoms with van der Waals surface area (Å²) >= 11 is 1.40. The highest BCUT2D eigenvalue weighted by atomic mass is 32.2. The van der Waals surface area contributed by atoms with Crippen LogP contribution in [0.4, 0.5) is 0 Å². The zero-order valence-electron chi connectivity index (χ0n) is 19.2. The second kappa shape index (κ2) is 9.21. The molecule has 0 saturated carbocycles. The van der Waals surface area contributed by atoms with Gasteiger partial charge in [-0.1, -0.05) is 32.4 Å². The van der Waals surface area contributed by atoms with Gasteiger partial charge in [0, 0.05) is 4.75 Å². The van der Waals surface area contributed by atoms with Gasteiger partial charge in [-0.25, -0.2) is 4.79 Å². The maximum Gasteiger partial charge on any atom is 0.327 e. The lowest BCUT2D eigenvalue weighted by molar-refractivity contribution is -0.162. The minimum absolute atomic E-state index is 0.366. The highest BCUT2D eigenvalue weighted by Crippen LogP contribution is 2.51. The predicted octanol–water partition coefficient (Wildman–Crippen LogP) is 3.04. The summed E-state index contributed by atoms with van der Waals surface area (Å²) in [5.74, 6) is -0.778. The van der Waals surface area contributed by atoms with E-state index in [0.29, 0.717) is 24.3 Å². The second-order valence-electron chi connectivity index (χ2n) is 8.75. The van der Waals surface area contributed by atoms with Gasteiger partial charge in [-0.05, 0) is 45.2 Å². The molecule has 176 valence electrons. The van der Waals surface area contributed by atoms with E-state index in [9.17, 15) is 19.5 Å². The minimum Gasteiger partial charge on any atom is -0.493 e. The summed E-state index contributed by atoms with van der Waals surface area (Å²) in [6, 6.07) is 5.47. The summed E-state index contributed by atoms with van der Waals surface area (Å²) < 4.78 is 11.0. The number of para-hydroxylation sites is 2. The molecule has 32 heavy (non-hydrogen) atoms. The van der Waals surface area contributed by atoms with Crippen LogP contribution < -0.4 is 14.8 Å². The number of ether oxygens (including phenoxy) is 2. The molecule has 0 spiro atoms. The zero-order valence-corrected chi connectivity index (χ0v) is 20.0. The third kappa shape index (κ3) is 4.14. The van der Waals surface area contributed by atoms with Gasteiger partial charge in [0.15, 0.2) is 17.1 Å². The number of rotatable bonds is 10. The van der Waals surface area contributed by atoms with E-state index in [1.807, 2.05) is 39.8 Å². The Morgan fingerprint density at radius 3 is 2.47 bits per heavy atom. The SMILES string of the molecule is CCCCC(CC)(Oc1ccccc1OC)C(=O)N[C@@H]1C(=O)N2[C@@H]1SC(C)(C)[C@@H]2C(=O)O. The van der Waals surface area contributed by atoms with E-state index in [0.717, 1.165) is 12.8 Å². The van der Waals surface area contributed by atoms with Crippen molar-refractivity contribution in [1.82, 2.24) is 10.2 Å². The first-order chi connectivity index (χ1) is 15.1. The van der Waals surface area contributed by atoms with E-state index >= 15 is 0 Å². The Kier molecular flexibility index (Phi) is 6.97. The average molecular weight is 465 g/mol. The molecule has 0 radical (unpaired) electrons. The molecule has 0 aromatic heterocycles. The number of nitrogens with one attached hydrogen (secondary N) is 1. The first-order valence-corrected chi connectivity index (χ1v) is 11.9. The Labute approximate surface area is 193 Å². The predicted molar refractivity (Wildman–Crippen MR) is 122 cm³/mol. The van der Waals surface area contributed by atoms with Crippen LogP contribution in [-0.4, -0.2) is 62.7 Å². The molecule has 1 aromatic rings. The summed E-state index contributed by atoms with van der Waals surface area (Å²) in [6.45, 7) is 7.54. The van der Waals surface area contributed by atoms with E-state index in [4.69, 9.17) is 9.47 Å². The van der Waals surface area contributed by atoms with Crippen molar-refractivity contribution in [2.24, 2.45) is 0 Å². The number of carbonyl (C=O) groups is 3. The Hall–Kier alpha value is -2.42. The molecule has 0 bridgehead atoms. The molecule has 2 amide bonds. The lowest BCUT2D eigenvalue weighted by Gasteiger charge is -2.45. The van der Waals surface area contributed by atoms with Crippen molar-refractivity contribution in [2.45, 2.75) is 81.2 Å². The number of thioether (sulfide) groups is 1. The fourth-order valence-electron chi connectivity index (χ4n) is 4.41. The van der Waals surface area contributed by atoms with Crippen LogP contribution in [0, 0.1) is 0 Å². The number of β-lactam (4-membered cyclic amide) rings is 1. The highest BCUT2D eigenvalue weighted by molar-refractivity contribution is 8.01. The van der Waals surface area contributed by atoms with Crippen LogP contribution in [0.5, 0.6) is 11.5 Å². The number of amides is 2. The van der Waals surface area contributed by atoms with E-state index in [-0.39, 0.29) is 11.8 Å². The monoisotopic (exact) mass is 464 g/mol. The Morgan fingerprint density at radius 1 is 1.25 bits per heavy atom. The van der Waals surface area contributed by atoms with Gasteiger partial charge in [0.25, 0.3) is 5.91 Å². The standard InChI is InChI=1S/C23H32N2O6S/c1-6-8-13-23(7-2,31-15-12-10-9-11-14(15)30-5)21(29)24-16-18(26)25-17(20(27)28)22(3,4)32-19(16)25/h9-12,16-17,19H,6-8,13H2,1-5H3,(H,24,29)(H,27,28)/t16-,17+,19-,23?/m1/s1. The van der Waals surface area contributed by atoms with E-state index < -0.39 is 33.8 Å². The molecule has 0 aliphatic carbocycles. The van der Waals surface area contributed by atoms with Crippen molar-refractivity contribution < 1.29 is 29.0 Å². The van der Waals surface area contributed by atoms with Gasteiger partial charge in [-0.3, -0.25) is 9.59 Å². The highest BCUT2D eigenvalue weighted by Gasteiger charge is 2.64. The first kappa shape index (κ1) is 24.2. The second-order valence-corrected chi connectivity index (χ2v) is 10.5. The normalized spacial score (nSPS) is 25.3. The van der Waals surface area contributed by atoms with Crippen LogP contribution in [0.15, 0.2) is 24.3 Å². The third-order valence-corrected chi connectivity index (χ3v) is 7.83. The van der Waals surface area contributed by atoms with E-state index in [1.165, 1.54) is 16.7 Å². The number of carbonyl (C=O) groups excluding carboxylic acids is 2. The molecular formula is C23H32N2O6S. The molecule has 8 nitrogen and oxygen atoms in total. The Morgan fingerprint density at radius 2 is 1.91 bits per heavy atom. The molecule has 2 aliphatic heterocycles. The molecule has 4 atom stereocenters. The zero-order chi connectivity index (χ0) is 23.7. The van der Waals surface area contributed by atoms with Crippen molar-refractivity contribution in [3.63, 3.8) is 0 Å². The quantitative estimate of drug-likeness (QED) is 0.513. The summed E-state index contributed by atoms with van der Waals surface area (Å²) in [6.07, 6.45) is 2.54.